The van der Waals surface area contributed by atoms with Crippen molar-refractivity contribution in [3.05, 3.63) is 64.7 Å². The minimum Gasteiger partial charge on any atom is -0.327 e. The minimum atomic E-state index is -0.360. The summed E-state index contributed by atoms with van der Waals surface area (Å²) in [6.45, 7) is 0. The first kappa shape index (κ1) is 15.3. The molecule has 0 saturated carbocycles. The Morgan fingerprint density at radius 2 is 1.85 bits per heavy atom. The molecule has 0 heterocycles. The Kier molecular flexibility index (Phi) is 5.40. The summed E-state index contributed by atoms with van der Waals surface area (Å²) in [6, 6.07) is 10.5. The highest BCUT2D eigenvalue weighted by Gasteiger charge is 2.09. The molecule has 0 aliphatic heterocycles. The third-order valence-corrected chi connectivity index (χ3v) is 4.29. The Hall–Kier alpha value is -1.10. The second-order valence-electron chi connectivity index (χ2n) is 4.47. The molecule has 0 fully saturated rings. The summed E-state index contributed by atoms with van der Waals surface area (Å²) in [5.74, 6) is 0.0172. The maximum absolute atomic E-state index is 13.0. The standard InChI is InChI=1S/C15H14ClF2NS/c16-15-8-12(18)5-4-10(15)6-13(19)9-20-14-3-1-2-11(17)7-14/h1-5,7-8,13H,6,9,19H2. The number of benzene rings is 2. The lowest BCUT2D eigenvalue weighted by Crippen LogP contribution is -2.25. The zero-order valence-electron chi connectivity index (χ0n) is 10.7. The van der Waals surface area contributed by atoms with Gasteiger partial charge in [0.2, 0.25) is 0 Å². The predicted octanol–water partition coefficient (Wildman–Crippen LogP) is 4.28. The van der Waals surface area contributed by atoms with Crippen LogP contribution in [0.15, 0.2) is 47.4 Å². The van der Waals surface area contributed by atoms with E-state index in [2.05, 4.69) is 0 Å². The van der Waals surface area contributed by atoms with E-state index in [0.717, 1.165) is 10.5 Å². The highest BCUT2D eigenvalue weighted by molar-refractivity contribution is 7.99. The van der Waals surface area contributed by atoms with Crippen LogP contribution in [0.4, 0.5) is 8.78 Å². The lowest BCUT2D eigenvalue weighted by molar-refractivity contribution is 0.624. The molecule has 0 bridgehead atoms. The van der Waals surface area contributed by atoms with Gasteiger partial charge in [0.1, 0.15) is 11.6 Å². The molecule has 1 unspecified atom stereocenters. The highest BCUT2D eigenvalue weighted by atomic mass is 35.5. The van der Waals surface area contributed by atoms with Crippen molar-refractivity contribution in [3.8, 4) is 0 Å². The zero-order valence-corrected chi connectivity index (χ0v) is 12.2. The van der Waals surface area contributed by atoms with E-state index < -0.39 is 0 Å². The molecule has 2 aromatic carbocycles. The Labute approximate surface area is 126 Å². The Morgan fingerprint density at radius 3 is 2.55 bits per heavy atom. The third kappa shape index (κ3) is 4.47. The molecule has 0 radical (unpaired) electrons. The maximum Gasteiger partial charge on any atom is 0.124 e. The van der Waals surface area contributed by atoms with Crippen LogP contribution < -0.4 is 5.73 Å². The van der Waals surface area contributed by atoms with E-state index in [1.165, 1.54) is 36.0 Å². The van der Waals surface area contributed by atoms with Crippen molar-refractivity contribution in [2.75, 3.05) is 5.75 Å². The average Bonchev–Trinajstić information content (AvgIpc) is 2.40. The second-order valence-corrected chi connectivity index (χ2v) is 5.97. The number of halogens is 3. The highest BCUT2D eigenvalue weighted by Crippen LogP contribution is 2.22. The molecule has 0 aliphatic rings. The van der Waals surface area contributed by atoms with Gasteiger partial charge in [-0.25, -0.2) is 8.78 Å². The molecule has 2 aromatic rings. The SMILES string of the molecule is NC(CSc1cccc(F)c1)Cc1ccc(F)cc1Cl. The van der Waals surface area contributed by atoms with E-state index in [1.807, 2.05) is 6.07 Å². The number of rotatable bonds is 5. The monoisotopic (exact) mass is 313 g/mol. The lowest BCUT2D eigenvalue weighted by Gasteiger charge is -2.12. The summed E-state index contributed by atoms with van der Waals surface area (Å²) in [4.78, 5) is 0.839. The predicted molar refractivity (Wildman–Crippen MR) is 80.2 cm³/mol. The average molecular weight is 314 g/mol. The molecular formula is C15H14ClF2NS. The lowest BCUT2D eigenvalue weighted by atomic mass is 10.1. The summed E-state index contributed by atoms with van der Waals surface area (Å²) < 4.78 is 26.0. The van der Waals surface area contributed by atoms with Crippen LogP contribution in [-0.4, -0.2) is 11.8 Å². The largest absolute Gasteiger partial charge is 0.327 e. The summed E-state index contributed by atoms with van der Waals surface area (Å²) in [5.41, 5.74) is 6.85. The van der Waals surface area contributed by atoms with Crippen LogP contribution >= 0.6 is 23.4 Å². The minimum absolute atomic E-state index is 0.133. The van der Waals surface area contributed by atoms with Crippen LogP contribution in [0.2, 0.25) is 5.02 Å². The van der Waals surface area contributed by atoms with E-state index in [4.69, 9.17) is 17.3 Å². The number of thioether (sulfide) groups is 1. The van der Waals surface area contributed by atoms with Crippen LogP contribution in [0, 0.1) is 11.6 Å². The van der Waals surface area contributed by atoms with E-state index in [1.54, 1.807) is 12.1 Å². The molecule has 1 nitrogen and oxygen atoms in total. The first-order valence-electron chi connectivity index (χ1n) is 6.12. The summed E-state index contributed by atoms with van der Waals surface area (Å²) >= 11 is 7.45. The van der Waals surface area contributed by atoms with E-state index >= 15 is 0 Å². The quantitative estimate of drug-likeness (QED) is 0.834. The van der Waals surface area contributed by atoms with Gasteiger partial charge >= 0.3 is 0 Å². The van der Waals surface area contributed by atoms with Gasteiger partial charge in [-0.3, -0.25) is 0 Å². The Morgan fingerprint density at radius 1 is 1.10 bits per heavy atom. The summed E-state index contributed by atoms with van der Waals surface area (Å²) in [6.07, 6.45) is 0.557. The number of hydrogen-bond donors (Lipinski definition) is 1. The third-order valence-electron chi connectivity index (χ3n) is 2.76. The van der Waals surface area contributed by atoms with E-state index in [9.17, 15) is 8.78 Å². The fraction of sp³-hybridized carbons (Fsp3) is 0.200. The second kappa shape index (κ2) is 7.07. The number of hydrogen-bond acceptors (Lipinski definition) is 2. The summed E-state index contributed by atoms with van der Waals surface area (Å²) in [5, 5.41) is 0.385. The van der Waals surface area contributed by atoms with Gasteiger partial charge in [-0.05, 0) is 42.3 Å². The Balaban J connectivity index is 1.90. The molecule has 0 aromatic heterocycles. The Bertz CT molecular complexity index is 592. The normalized spacial score (nSPS) is 12.4. The topological polar surface area (TPSA) is 26.0 Å². The van der Waals surface area contributed by atoms with Crippen molar-refractivity contribution in [1.82, 2.24) is 0 Å². The van der Waals surface area contributed by atoms with Gasteiger partial charge in [-0.15, -0.1) is 11.8 Å². The van der Waals surface area contributed by atoms with Crippen molar-refractivity contribution in [3.63, 3.8) is 0 Å². The van der Waals surface area contributed by atoms with Crippen molar-refractivity contribution < 1.29 is 8.78 Å². The van der Waals surface area contributed by atoms with Gasteiger partial charge in [0.05, 0.1) is 0 Å². The van der Waals surface area contributed by atoms with Gasteiger partial charge < -0.3 is 5.73 Å². The molecule has 0 aliphatic carbocycles. The molecular weight excluding hydrogens is 300 g/mol. The molecule has 2 rings (SSSR count). The van der Waals surface area contributed by atoms with Crippen molar-refractivity contribution in [2.45, 2.75) is 17.4 Å². The molecule has 20 heavy (non-hydrogen) atoms. The smallest absolute Gasteiger partial charge is 0.124 e. The van der Waals surface area contributed by atoms with Crippen LogP contribution in [0.5, 0.6) is 0 Å². The van der Waals surface area contributed by atoms with Crippen molar-refractivity contribution >= 4 is 23.4 Å². The van der Waals surface area contributed by atoms with E-state index in [0.29, 0.717) is 17.2 Å². The molecule has 0 spiro atoms. The van der Waals surface area contributed by atoms with Crippen LogP contribution in [0.3, 0.4) is 0 Å². The molecule has 2 N–H and O–H groups in total. The van der Waals surface area contributed by atoms with Crippen LogP contribution in [0.1, 0.15) is 5.56 Å². The molecule has 0 amide bonds. The first-order valence-corrected chi connectivity index (χ1v) is 7.49. The van der Waals surface area contributed by atoms with Crippen LogP contribution in [0.25, 0.3) is 0 Å². The van der Waals surface area contributed by atoms with Crippen molar-refractivity contribution in [1.29, 1.82) is 0 Å². The molecule has 106 valence electrons. The molecule has 1 atom stereocenters. The zero-order chi connectivity index (χ0) is 14.5. The fourth-order valence-corrected chi connectivity index (χ4v) is 2.93. The van der Waals surface area contributed by atoms with Crippen LogP contribution in [-0.2, 0) is 6.42 Å². The van der Waals surface area contributed by atoms with Gasteiger partial charge in [0.15, 0.2) is 0 Å². The van der Waals surface area contributed by atoms with Gasteiger partial charge in [0, 0.05) is 21.7 Å². The molecule has 5 heteroatoms. The molecule has 0 saturated heterocycles. The fourth-order valence-electron chi connectivity index (χ4n) is 1.79. The number of nitrogens with two attached hydrogens (primary N) is 1. The maximum atomic E-state index is 13.0. The van der Waals surface area contributed by atoms with Gasteiger partial charge in [-0.1, -0.05) is 23.7 Å². The summed E-state index contributed by atoms with van der Waals surface area (Å²) in [7, 11) is 0. The van der Waals surface area contributed by atoms with E-state index in [-0.39, 0.29) is 17.7 Å². The van der Waals surface area contributed by atoms with Gasteiger partial charge in [-0.2, -0.15) is 0 Å². The van der Waals surface area contributed by atoms with Gasteiger partial charge in [0.25, 0.3) is 0 Å². The van der Waals surface area contributed by atoms with Crippen molar-refractivity contribution in [2.24, 2.45) is 5.73 Å². The first-order chi connectivity index (χ1) is 9.54.